The Morgan fingerprint density at radius 1 is 0.840 bits per heavy atom. The first-order chi connectivity index (χ1) is 11.8. The average Bonchev–Trinajstić information content (AvgIpc) is 3.22. The Morgan fingerprint density at radius 2 is 1.40 bits per heavy atom. The quantitative estimate of drug-likeness (QED) is 0.404. The second kappa shape index (κ2) is 9.39. The first kappa shape index (κ1) is 20.0. The Labute approximate surface area is 171 Å². The van der Waals surface area contributed by atoms with Crippen molar-refractivity contribution < 1.29 is 26.2 Å². The first-order valence-corrected chi connectivity index (χ1v) is 9.13. The van der Waals surface area contributed by atoms with Gasteiger partial charge in [0.2, 0.25) is 0 Å². The normalized spacial score (nSPS) is 16.0. The molecule has 3 aromatic carbocycles. The van der Waals surface area contributed by atoms with Gasteiger partial charge in [0.15, 0.2) is 0 Å². The van der Waals surface area contributed by atoms with Gasteiger partial charge in [0.05, 0.1) is 0 Å². The van der Waals surface area contributed by atoms with E-state index in [2.05, 4.69) is 87.5 Å². The van der Waals surface area contributed by atoms with Crippen LogP contribution in [0.3, 0.4) is 0 Å². The van der Waals surface area contributed by atoms with Crippen LogP contribution in [-0.2, 0) is 26.2 Å². The molecule has 1 heteroatoms. The third-order valence-corrected chi connectivity index (χ3v) is 4.85. The molecule has 0 heterocycles. The maximum Gasteiger partial charge on any atom is 2.00 e. The predicted molar refractivity (Wildman–Crippen MR) is 106 cm³/mol. The number of hydrogen-bond donors (Lipinski definition) is 0. The van der Waals surface area contributed by atoms with Crippen molar-refractivity contribution in [3.05, 3.63) is 77.9 Å². The van der Waals surface area contributed by atoms with Gasteiger partial charge >= 0.3 is 26.2 Å². The molecule has 0 radical (unpaired) electrons. The zero-order valence-electron chi connectivity index (χ0n) is 15.5. The average molecular weight is 406 g/mol. The molecular formula is C24H26Zr. The fraction of sp³-hybridized carbons (Fsp3) is 0.292. The van der Waals surface area contributed by atoms with Crippen molar-refractivity contribution in [3.63, 3.8) is 0 Å². The summed E-state index contributed by atoms with van der Waals surface area (Å²) in [7, 11) is 0. The van der Waals surface area contributed by atoms with Crippen LogP contribution in [0.1, 0.15) is 40.0 Å². The van der Waals surface area contributed by atoms with Gasteiger partial charge in [-0.05, 0) is 0 Å². The van der Waals surface area contributed by atoms with Gasteiger partial charge in [-0.15, -0.1) is 39.7 Å². The molecule has 1 unspecified atom stereocenters. The summed E-state index contributed by atoms with van der Waals surface area (Å²) in [5, 5.41) is 5.39. The van der Waals surface area contributed by atoms with E-state index in [0.717, 1.165) is 6.42 Å². The number of allylic oxidation sites excluding steroid dienone is 4. The second-order valence-corrected chi connectivity index (χ2v) is 6.36. The van der Waals surface area contributed by atoms with Crippen LogP contribution in [-0.4, -0.2) is 0 Å². The van der Waals surface area contributed by atoms with Crippen molar-refractivity contribution in [2.24, 2.45) is 5.92 Å². The second-order valence-electron chi connectivity index (χ2n) is 6.36. The van der Waals surface area contributed by atoms with Gasteiger partial charge in [0.25, 0.3) is 0 Å². The van der Waals surface area contributed by atoms with Crippen molar-refractivity contribution in [3.8, 4) is 0 Å². The Hall–Kier alpha value is -1.33. The molecule has 0 saturated carbocycles. The molecular weight excluding hydrogens is 379 g/mol. The van der Waals surface area contributed by atoms with Crippen LogP contribution in [0, 0.1) is 12.0 Å². The van der Waals surface area contributed by atoms with Crippen LogP contribution in [0.2, 0.25) is 0 Å². The minimum Gasteiger partial charge on any atom is -0.266 e. The third kappa shape index (κ3) is 4.45. The molecule has 0 spiro atoms. The molecule has 1 atom stereocenters. The fourth-order valence-corrected chi connectivity index (χ4v) is 3.49. The minimum atomic E-state index is 0. The van der Waals surface area contributed by atoms with E-state index in [1.54, 1.807) is 0 Å². The SMILES string of the molecule is CCC1=[C-]C(CC)C=C1CC.[Zr+2].c1ccc2c(c1)[cH-]c1ccccc12. The summed E-state index contributed by atoms with van der Waals surface area (Å²) in [5.41, 5.74) is 2.98. The molecule has 0 fully saturated rings. The predicted octanol–water partition coefficient (Wildman–Crippen LogP) is 7.21. The van der Waals surface area contributed by atoms with Crippen LogP contribution >= 0.6 is 0 Å². The number of fused-ring (bicyclic) bond motifs is 3. The number of hydrogen-bond acceptors (Lipinski definition) is 0. The van der Waals surface area contributed by atoms with Crippen molar-refractivity contribution in [1.82, 2.24) is 0 Å². The number of rotatable bonds is 3. The molecule has 0 aliphatic heterocycles. The van der Waals surface area contributed by atoms with Gasteiger partial charge in [-0.2, -0.15) is 11.6 Å². The van der Waals surface area contributed by atoms with Crippen LogP contribution in [0.5, 0.6) is 0 Å². The Bertz CT molecular complexity index is 809. The molecule has 1 aliphatic rings. The van der Waals surface area contributed by atoms with Crippen molar-refractivity contribution in [2.45, 2.75) is 40.0 Å². The number of benzene rings is 2. The maximum atomic E-state index is 3.52. The van der Waals surface area contributed by atoms with Crippen LogP contribution in [0.25, 0.3) is 21.5 Å². The van der Waals surface area contributed by atoms with E-state index in [0.29, 0.717) is 5.92 Å². The topological polar surface area (TPSA) is 0 Å². The van der Waals surface area contributed by atoms with E-state index in [4.69, 9.17) is 0 Å². The standard InChI is InChI=1S/C13H9.C11H17.Zr/c1-3-7-12-10(5-1)9-11-6-2-4-8-13(11)12;1-4-9-7-10(5-2)11(6-3)8-9;/h1-9H;7,9H,4-6H2,1-3H3;/q2*-1;+2. The van der Waals surface area contributed by atoms with E-state index in [1.165, 1.54) is 45.5 Å². The van der Waals surface area contributed by atoms with E-state index < -0.39 is 0 Å². The molecule has 0 aromatic heterocycles. The van der Waals surface area contributed by atoms with E-state index in [9.17, 15) is 0 Å². The summed E-state index contributed by atoms with van der Waals surface area (Å²) in [6, 6.07) is 19.3. The smallest absolute Gasteiger partial charge is 0.266 e. The molecule has 3 aromatic rings. The van der Waals surface area contributed by atoms with Gasteiger partial charge in [-0.3, -0.25) is 6.08 Å². The van der Waals surface area contributed by atoms with Crippen LogP contribution < -0.4 is 0 Å². The fourth-order valence-electron chi connectivity index (χ4n) is 3.49. The summed E-state index contributed by atoms with van der Waals surface area (Å²) in [6.07, 6.45) is 9.41. The first-order valence-electron chi connectivity index (χ1n) is 9.13. The Morgan fingerprint density at radius 3 is 1.84 bits per heavy atom. The molecule has 126 valence electrons. The van der Waals surface area contributed by atoms with Gasteiger partial charge in [0.1, 0.15) is 0 Å². The molecule has 25 heavy (non-hydrogen) atoms. The van der Waals surface area contributed by atoms with Gasteiger partial charge < -0.3 is 0 Å². The summed E-state index contributed by atoms with van der Waals surface area (Å²) >= 11 is 0. The monoisotopic (exact) mass is 404 g/mol. The van der Waals surface area contributed by atoms with Crippen molar-refractivity contribution >= 4 is 21.5 Å². The maximum absolute atomic E-state index is 3.52. The van der Waals surface area contributed by atoms with Gasteiger partial charge in [0, 0.05) is 0 Å². The molecule has 0 amide bonds. The summed E-state index contributed by atoms with van der Waals surface area (Å²) < 4.78 is 0. The van der Waals surface area contributed by atoms with Crippen molar-refractivity contribution in [2.75, 3.05) is 0 Å². The molecule has 4 rings (SSSR count). The van der Waals surface area contributed by atoms with Gasteiger partial charge in [-0.1, -0.05) is 82.3 Å². The molecule has 1 aliphatic carbocycles. The van der Waals surface area contributed by atoms with Crippen LogP contribution in [0.4, 0.5) is 0 Å². The Kier molecular flexibility index (Phi) is 7.51. The molecule has 0 nitrogen and oxygen atoms in total. The molecule has 0 N–H and O–H groups in total. The minimum absolute atomic E-state index is 0. The van der Waals surface area contributed by atoms with E-state index in [-0.39, 0.29) is 26.2 Å². The van der Waals surface area contributed by atoms with Crippen LogP contribution in [0.15, 0.2) is 71.8 Å². The summed E-state index contributed by atoms with van der Waals surface area (Å²) in [6.45, 7) is 6.66. The zero-order valence-corrected chi connectivity index (χ0v) is 17.9. The molecule has 0 bridgehead atoms. The summed E-state index contributed by atoms with van der Waals surface area (Å²) in [4.78, 5) is 0. The van der Waals surface area contributed by atoms with E-state index >= 15 is 0 Å². The van der Waals surface area contributed by atoms with Gasteiger partial charge in [-0.25, -0.2) is 5.57 Å². The van der Waals surface area contributed by atoms with E-state index in [1.807, 2.05) is 0 Å². The summed E-state index contributed by atoms with van der Waals surface area (Å²) in [5.74, 6) is 0.611. The zero-order chi connectivity index (χ0) is 16.9. The molecule has 0 saturated heterocycles. The Balaban J connectivity index is 0.000000176. The largest absolute Gasteiger partial charge is 2.00 e. The van der Waals surface area contributed by atoms with Crippen molar-refractivity contribution in [1.29, 1.82) is 0 Å². The third-order valence-electron chi connectivity index (χ3n) is 4.85.